The molecule has 0 aliphatic carbocycles. The second-order valence-corrected chi connectivity index (χ2v) is 5.16. The molecule has 0 heterocycles. The molecule has 0 radical (unpaired) electrons. The summed E-state index contributed by atoms with van der Waals surface area (Å²) in [7, 11) is 0. The first-order valence-corrected chi connectivity index (χ1v) is 6.68. The second-order valence-electron chi connectivity index (χ2n) is 4.76. The fraction of sp³-hybridized carbons (Fsp3) is 0.188. The molecule has 1 unspecified atom stereocenters. The van der Waals surface area contributed by atoms with Crippen molar-refractivity contribution in [3.05, 3.63) is 64.2 Å². The molecule has 2 aromatic rings. The van der Waals surface area contributed by atoms with Gasteiger partial charge >= 0.3 is 5.97 Å². The number of aryl methyl sites for hydroxylation is 2. The van der Waals surface area contributed by atoms with Gasteiger partial charge in [-0.05, 0) is 37.1 Å². The van der Waals surface area contributed by atoms with Crippen LogP contribution >= 0.6 is 11.6 Å². The maximum absolute atomic E-state index is 11.6. The number of para-hydroxylation sites is 1. The summed E-state index contributed by atoms with van der Waals surface area (Å²) >= 11 is 6.08. The molecular weight excluding hydrogens is 274 g/mol. The molecule has 0 aliphatic rings. The van der Waals surface area contributed by atoms with E-state index in [-0.39, 0.29) is 0 Å². The second kappa shape index (κ2) is 5.97. The minimum Gasteiger partial charge on any atom is -0.479 e. The zero-order chi connectivity index (χ0) is 14.7. The topological polar surface area (TPSA) is 49.3 Å². The van der Waals surface area contributed by atoms with Crippen molar-refractivity contribution in [2.45, 2.75) is 19.9 Å². The van der Waals surface area contributed by atoms with E-state index in [0.717, 1.165) is 16.7 Å². The van der Waals surface area contributed by atoms with E-state index < -0.39 is 12.0 Å². The van der Waals surface area contributed by atoms with Gasteiger partial charge in [0.25, 0.3) is 0 Å². The summed E-state index contributed by atoms with van der Waals surface area (Å²) in [5.41, 5.74) is 3.32. The maximum Gasteiger partial charge on any atom is 0.330 e. The van der Waals surface area contributed by atoms with Crippen LogP contribution in [0.1, 0.15) is 22.7 Å². The van der Waals surface area contributed by atoms with E-state index in [1.54, 1.807) is 18.2 Å². The van der Waals surface area contributed by atoms with E-state index in [1.165, 1.54) is 0 Å². The smallest absolute Gasteiger partial charge is 0.330 e. The summed E-state index contributed by atoms with van der Waals surface area (Å²) in [6, 6.07) is 12.1. The van der Waals surface area contributed by atoms with Crippen molar-refractivity contribution in [2.75, 3.05) is 5.32 Å². The third-order valence-corrected chi connectivity index (χ3v) is 3.50. The molecule has 0 aliphatic heterocycles. The van der Waals surface area contributed by atoms with Gasteiger partial charge in [-0.25, -0.2) is 4.79 Å². The molecule has 2 aromatic carbocycles. The molecule has 0 bridgehead atoms. The van der Waals surface area contributed by atoms with Crippen LogP contribution < -0.4 is 5.32 Å². The lowest BCUT2D eigenvalue weighted by Gasteiger charge is -2.19. The molecule has 0 spiro atoms. The molecular formula is C16H16ClNO2. The predicted octanol–water partition coefficient (Wildman–Crippen LogP) is 4.19. The van der Waals surface area contributed by atoms with Crippen LogP contribution in [0.3, 0.4) is 0 Å². The molecule has 0 fully saturated rings. The van der Waals surface area contributed by atoms with Gasteiger partial charge in [0.05, 0.1) is 10.7 Å². The Labute approximate surface area is 123 Å². The van der Waals surface area contributed by atoms with Crippen molar-refractivity contribution < 1.29 is 9.90 Å². The summed E-state index contributed by atoms with van der Waals surface area (Å²) in [6.45, 7) is 3.84. The Bertz CT molecular complexity index is 640. The molecule has 104 valence electrons. The molecule has 0 amide bonds. The monoisotopic (exact) mass is 289 g/mol. The Kier molecular flexibility index (Phi) is 4.30. The van der Waals surface area contributed by atoms with Gasteiger partial charge in [0.1, 0.15) is 0 Å². The molecule has 4 heteroatoms. The molecule has 0 aromatic heterocycles. The van der Waals surface area contributed by atoms with E-state index in [1.807, 2.05) is 38.1 Å². The van der Waals surface area contributed by atoms with Crippen LogP contribution in [-0.2, 0) is 4.79 Å². The number of carbonyl (C=O) groups is 1. The lowest BCUT2D eigenvalue weighted by Crippen LogP contribution is -2.21. The average Bonchev–Trinajstić information content (AvgIpc) is 2.40. The number of rotatable bonds is 4. The number of nitrogens with one attached hydrogen (secondary N) is 1. The van der Waals surface area contributed by atoms with E-state index in [2.05, 4.69) is 5.32 Å². The van der Waals surface area contributed by atoms with Crippen molar-refractivity contribution in [1.82, 2.24) is 0 Å². The van der Waals surface area contributed by atoms with Gasteiger partial charge in [-0.1, -0.05) is 47.5 Å². The highest BCUT2D eigenvalue weighted by atomic mass is 35.5. The first kappa shape index (κ1) is 14.4. The molecule has 2 rings (SSSR count). The van der Waals surface area contributed by atoms with Crippen LogP contribution in [0.15, 0.2) is 42.5 Å². The fourth-order valence-corrected chi connectivity index (χ4v) is 2.27. The first-order valence-electron chi connectivity index (χ1n) is 6.30. The Morgan fingerprint density at radius 2 is 1.90 bits per heavy atom. The van der Waals surface area contributed by atoms with Gasteiger partial charge in [0.15, 0.2) is 6.04 Å². The van der Waals surface area contributed by atoms with Gasteiger partial charge in [-0.15, -0.1) is 0 Å². The maximum atomic E-state index is 11.6. The van der Waals surface area contributed by atoms with Crippen LogP contribution in [0.4, 0.5) is 5.69 Å². The van der Waals surface area contributed by atoms with E-state index >= 15 is 0 Å². The van der Waals surface area contributed by atoms with E-state index in [4.69, 9.17) is 11.6 Å². The third-order valence-electron chi connectivity index (χ3n) is 3.17. The standard InChI is InChI=1S/C16H16ClNO2/c1-10-7-8-11(2)12(9-10)15(16(19)20)18-14-6-4-3-5-13(14)17/h3-9,15,18H,1-2H3,(H,19,20). The quantitative estimate of drug-likeness (QED) is 0.887. The lowest BCUT2D eigenvalue weighted by atomic mass is 9.98. The summed E-state index contributed by atoms with van der Waals surface area (Å²) in [4.78, 5) is 11.6. The Morgan fingerprint density at radius 1 is 1.20 bits per heavy atom. The number of carboxylic acid groups (broad SMARTS) is 1. The van der Waals surface area contributed by atoms with Crippen molar-refractivity contribution in [3.8, 4) is 0 Å². The van der Waals surface area contributed by atoms with E-state index in [0.29, 0.717) is 10.7 Å². The zero-order valence-electron chi connectivity index (χ0n) is 11.4. The van der Waals surface area contributed by atoms with Crippen molar-refractivity contribution in [1.29, 1.82) is 0 Å². The minimum absolute atomic E-state index is 0.504. The number of aliphatic carboxylic acids is 1. The van der Waals surface area contributed by atoms with Crippen LogP contribution in [0.5, 0.6) is 0 Å². The first-order chi connectivity index (χ1) is 9.49. The minimum atomic E-state index is -0.932. The van der Waals surface area contributed by atoms with Gasteiger partial charge in [0, 0.05) is 0 Å². The largest absolute Gasteiger partial charge is 0.479 e. The molecule has 1 atom stereocenters. The fourth-order valence-electron chi connectivity index (χ4n) is 2.08. The number of hydrogen-bond acceptors (Lipinski definition) is 2. The highest BCUT2D eigenvalue weighted by molar-refractivity contribution is 6.33. The van der Waals surface area contributed by atoms with Crippen molar-refractivity contribution >= 4 is 23.3 Å². The molecule has 2 N–H and O–H groups in total. The zero-order valence-corrected chi connectivity index (χ0v) is 12.1. The van der Waals surface area contributed by atoms with Gasteiger partial charge in [0.2, 0.25) is 0 Å². The Balaban J connectivity index is 2.40. The molecule has 0 saturated carbocycles. The summed E-state index contributed by atoms with van der Waals surface area (Å²) < 4.78 is 0. The number of hydrogen-bond donors (Lipinski definition) is 2. The number of anilines is 1. The SMILES string of the molecule is Cc1ccc(C)c(C(Nc2ccccc2Cl)C(=O)O)c1. The van der Waals surface area contributed by atoms with Crippen LogP contribution in [0.25, 0.3) is 0 Å². The summed E-state index contributed by atoms with van der Waals surface area (Å²) in [5, 5.41) is 13.0. The number of halogens is 1. The number of carboxylic acids is 1. The van der Waals surface area contributed by atoms with Gasteiger partial charge in [-0.2, -0.15) is 0 Å². The molecule has 0 saturated heterocycles. The van der Waals surface area contributed by atoms with Crippen LogP contribution in [-0.4, -0.2) is 11.1 Å². The summed E-state index contributed by atoms with van der Waals surface area (Å²) in [5.74, 6) is -0.932. The predicted molar refractivity (Wildman–Crippen MR) is 81.4 cm³/mol. The Morgan fingerprint density at radius 3 is 2.55 bits per heavy atom. The normalized spacial score (nSPS) is 11.9. The average molecular weight is 290 g/mol. The van der Waals surface area contributed by atoms with Crippen LogP contribution in [0, 0.1) is 13.8 Å². The lowest BCUT2D eigenvalue weighted by molar-refractivity contribution is -0.138. The Hall–Kier alpha value is -2.00. The highest BCUT2D eigenvalue weighted by Crippen LogP contribution is 2.28. The van der Waals surface area contributed by atoms with Crippen LogP contribution in [0.2, 0.25) is 5.02 Å². The summed E-state index contributed by atoms with van der Waals surface area (Å²) in [6.07, 6.45) is 0. The molecule has 20 heavy (non-hydrogen) atoms. The van der Waals surface area contributed by atoms with E-state index in [9.17, 15) is 9.90 Å². The number of benzene rings is 2. The van der Waals surface area contributed by atoms with Crippen molar-refractivity contribution in [3.63, 3.8) is 0 Å². The molecule has 3 nitrogen and oxygen atoms in total. The van der Waals surface area contributed by atoms with Gasteiger partial charge < -0.3 is 10.4 Å². The van der Waals surface area contributed by atoms with Crippen molar-refractivity contribution in [2.24, 2.45) is 0 Å². The van der Waals surface area contributed by atoms with Gasteiger partial charge in [-0.3, -0.25) is 0 Å². The third kappa shape index (κ3) is 3.11. The highest BCUT2D eigenvalue weighted by Gasteiger charge is 2.22.